The molecule has 0 unspecified atom stereocenters. The van der Waals surface area contributed by atoms with E-state index >= 15 is 0 Å². The van der Waals surface area contributed by atoms with E-state index in [1.807, 2.05) is 0 Å². The summed E-state index contributed by atoms with van der Waals surface area (Å²) in [5.74, 6) is -2.22. The van der Waals surface area contributed by atoms with E-state index in [0.29, 0.717) is 5.57 Å². The number of hydrogen-bond acceptors (Lipinski definition) is 6. The molecule has 0 bridgehead atoms. The van der Waals surface area contributed by atoms with Gasteiger partial charge in [-0.25, -0.2) is 0 Å². The molecule has 3 atom stereocenters. The molecule has 1 rings (SSSR count). The third kappa shape index (κ3) is 2.85. The fraction of sp³-hybridized carbons (Fsp3) is 0.636. The van der Waals surface area contributed by atoms with Crippen molar-refractivity contribution in [3.63, 3.8) is 0 Å². The number of nitrogens with zero attached hydrogens (tertiary/aromatic N) is 1. The molecule has 0 aromatic rings. The molecule has 0 aliphatic heterocycles. The Morgan fingerprint density at radius 3 is 2.56 bits per heavy atom. The lowest BCUT2D eigenvalue weighted by Crippen LogP contribution is -2.48. The summed E-state index contributed by atoms with van der Waals surface area (Å²) in [5, 5.41) is 11.1. The summed E-state index contributed by atoms with van der Waals surface area (Å²) >= 11 is 0. The Balaban J connectivity index is 3.08. The van der Waals surface area contributed by atoms with Gasteiger partial charge in [0.05, 0.1) is 7.11 Å². The van der Waals surface area contributed by atoms with E-state index in [2.05, 4.69) is 4.74 Å². The molecule has 0 saturated carbocycles. The molecule has 7 heteroatoms. The number of methoxy groups -OCH3 is 1. The van der Waals surface area contributed by atoms with Gasteiger partial charge in [-0.15, -0.1) is 0 Å². The van der Waals surface area contributed by atoms with Gasteiger partial charge in [0.2, 0.25) is 0 Å². The van der Waals surface area contributed by atoms with Crippen LogP contribution in [-0.2, 0) is 19.1 Å². The third-order valence-electron chi connectivity index (χ3n) is 2.91. The molecule has 18 heavy (non-hydrogen) atoms. The Bertz CT molecular complexity index is 402. The van der Waals surface area contributed by atoms with Crippen LogP contribution in [0.5, 0.6) is 0 Å². The molecule has 0 aromatic carbocycles. The predicted octanol–water partition coefficient (Wildman–Crippen LogP) is 0.703. The number of carbonyl (C=O) groups excluding carboxylic acids is 2. The summed E-state index contributed by atoms with van der Waals surface area (Å²) in [6, 6.07) is -1.30. The van der Waals surface area contributed by atoms with Gasteiger partial charge in [0.25, 0.3) is 6.04 Å². The van der Waals surface area contributed by atoms with E-state index in [1.54, 1.807) is 13.0 Å². The van der Waals surface area contributed by atoms with Crippen molar-refractivity contribution in [3.05, 3.63) is 21.8 Å². The van der Waals surface area contributed by atoms with Gasteiger partial charge in [-0.3, -0.25) is 19.7 Å². The van der Waals surface area contributed by atoms with E-state index in [4.69, 9.17) is 4.74 Å². The first-order valence-corrected chi connectivity index (χ1v) is 5.43. The van der Waals surface area contributed by atoms with Gasteiger partial charge in [-0.05, 0) is 18.9 Å². The highest BCUT2D eigenvalue weighted by molar-refractivity contribution is 5.74. The zero-order valence-electron chi connectivity index (χ0n) is 10.4. The monoisotopic (exact) mass is 257 g/mol. The predicted molar refractivity (Wildman–Crippen MR) is 60.2 cm³/mol. The summed E-state index contributed by atoms with van der Waals surface area (Å²) in [4.78, 5) is 33.0. The van der Waals surface area contributed by atoms with Gasteiger partial charge in [0, 0.05) is 11.8 Å². The maximum atomic E-state index is 11.5. The van der Waals surface area contributed by atoms with Crippen LogP contribution in [0.4, 0.5) is 0 Å². The Morgan fingerprint density at radius 1 is 1.50 bits per heavy atom. The minimum Gasteiger partial charge on any atom is -0.469 e. The molecule has 1 aliphatic rings. The topological polar surface area (TPSA) is 95.7 Å². The van der Waals surface area contributed by atoms with E-state index in [-0.39, 0.29) is 6.42 Å². The van der Waals surface area contributed by atoms with Crippen LogP contribution in [0.1, 0.15) is 20.3 Å². The quantitative estimate of drug-likeness (QED) is 0.319. The maximum absolute atomic E-state index is 11.5. The van der Waals surface area contributed by atoms with Gasteiger partial charge >= 0.3 is 11.9 Å². The van der Waals surface area contributed by atoms with Crippen LogP contribution in [0.25, 0.3) is 0 Å². The van der Waals surface area contributed by atoms with Crippen molar-refractivity contribution in [2.24, 2.45) is 5.92 Å². The van der Waals surface area contributed by atoms with E-state index in [0.717, 1.165) is 0 Å². The highest BCUT2D eigenvalue weighted by Crippen LogP contribution is 2.29. The van der Waals surface area contributed by atoms with Crippen LogP contribution in [-0.4, -0.2) is 36.1 Å². The average Bonchev–Trinajstić information content (AvgIpc) is 2.29. The second-order valence-electron chi connectivity index (χ2n) is 4.12. The number of nitro groups is 1. The Morgan fingerprint density at radius 2 is 2.11 bits per heavy atom. The van der Waals surface area contributed by atoms with Crippen LogP contribution < -0.4 is 0 Å². The Hall–Kier alpha value is -1.92. The standard InChI is InChI=1S/C11H15NO6/c1-6-4-5-8(11(14)17-3)9(12(15)16)10(6)18-7(2)13/h4,8-10H,5H2,1-3H3/t8-,9+,10-/m0/s1. The summed E-state index contributed by atoms with van der Waals surface area (Å²) in [5.41, 5.74) is 0.576. The minimum absolute atomic E-state index is 0.210. The number of hydrogen-bond donors (Lipinski definition) is 0. The second kappa shape index (κ2) is 5.61. The van der Waals surface area contributed by atoms with Crippen LogP contribution in [0.3, 0.4) is 0 Å². The van der Waals surface area contributed by atoms with Crippen LogP contribution >= 0.6 is 0 Å². The van der Waals surface area contributed by atoms with E-state index in [9.17, 15) is 19.7 Å². The smallest absolute Gasteiger partial charge is 0.316 e. The van der Waals surface area contributed by atoms with Crippen molar-refractivity contribution in [3.8, 4) is 0 Å². The van der Waals surface area contributed by atoms with Gasteiger partial charge in [0.15, 0.2) is 6.10 Å². The largest absolute Gasteiger partial charge is 0.469 e. The van der Waals surface area contributed by atoms with Crippen molar-refractivity contribution in [1.82, 2.24) is 0 Å². The Kier molecular flexibility index (Phi) is 4.41. The molecule has 0 amide bonds. The first-order valence-electron chi connectivity index (χ1n) is 5.43. The third-order valence-corrected chi connectivity index (χ3v) is 2.91. The zero-order chi connectivity index (χ0) is 13.9. The maximum Gasteiger partial charge on any atom is 0.316 e. The SMILES string of the molecule is COC(=O)[C@H]1CC=C(C)[C@H](OC(C)=O)[C@@H]1[N+](=O)[O-]. The van der Waals surface area contributed by atoms with Crippen molar-refractivity contribution < 1.29 is 24.0 Å². The Labute approximate surface area is 104 Å². The van der Waals surface area contributed by atoms with Gasteiger partial charge in [-0.2, -0.15) is 0 Å². The van der Waals surface area contributed by atoms with Gasteiger partial charge in [0.1, 0.15) is 5.92 Å². The fourth-order valence-electron chi connectivity index (χ4n) is 2.03. The molecule has 0 saturated heterocycles. The molecule has 0 heterocycles. The molecule has 0 aromatic heterocycles. The summed E-state index contributed by atoms with van der Waals surface area (Å²) in [7, 11) is 1.17. The highest BCUT2D eigenvalue weighted by Gasteiger charge is 2.48. The number of rotatable bonds is 3. The normalized spacial score (nSPS) is 27.1. The van der Waals surface area contributed by atoms with Crippen LogP contribution in [0.15, 0.2) is 11.6 Å². The molecule has 0 spiro atoms. The molecular weight excluding hydrogens is 242 g/mol. The minimum atomic E-state index is -1.30. The molecule has 1 aliphatic carbocycles. The van der Waals surface area contributed by atoms with Crippen LogP contribution in [0.2, 0.25) is 0 Å². The molecular formula is C11H15NO6. The van der Waals surface area contributed by atoms with Gasteiger partial charge < -0.3 is 9.47 Å². The van der Waals surface area contributed by atoms with Gasteiger partial charge in [-0.1, -0.05) is 6.08 Å². The second-order valence-corrected chi connectivity index (χ2v) is 4.12. The van der Waals surface area contributed by atoms with Crippen LogP contribution in [0, 0.1) is 16.0 Å². The molecule has 0 radical (unpaired) electrons. The van der Waals surface area contributed by atoms with Crippen molar-refractivity contribution in [2.45, 2.75) is 32.4 Å². The molecule has 0 N–H and O–H groups in total. The summed E-state index contributed by atoms with van der Waals surface area (Å²) < 4.78 is 9.49. The van der Waals surface area contributed by atoms with E-state index < -0.39 is 34.9 Å². The number of carbonyl (C=O) groups is 2. The first kappa shape index (κ1) is 14.1. The van der Waals surface area contributed by atoms with Crippen molar-refractivity contribution >= 4 is 11.9 Å². The molecule has 0 fully saturated rings. The molecule has 7 nitrogen and oxygen atoms in total. The average molecular weight is 257 g/mol. The lowest BCUT2D eigenvalue weighted by molar-refractivity contribution is -0.539. The number of esters is 2. The van der Waals surface area contributed by atoms with Crippen molar-refractivity contribution in [1.29, 1.82) is 0 Å². The summed E-state index contributed by atoms with van der Waals surface area (Å²) in [6.45, 7) is 2.81. The van der Waals surface area contributed by atoms with E-state index in [1.165, 1.54) is 14.0 Å². The fourth-order valence-corrected chi connectivity index (χ4v) is 2.03. The highest BCUT2D eigenvalue weighted by atomic mass is 16.6. The zero-order valence-corrected chi connectivity index (χ0v) is 10.4. The first-order chi connectivity index (χ1) is 8.38. The number of allylic oxidation sites excluding steroid dienone is 1. The van der Waals surface area contributed by atoms with Crippen molar-refractivity contribution in [2.75, 3.05) is 7.11 Å². The number of ether oxygens (including phenoxy) is 2. The molecule has 100 valence electrons. The lowest BCUT2D eigenvalue weighted by Gasteiger charge is -2.29. The lowest BCUT2D eigenvalue weighted by atomic mass is 9.83. The summed E-state index contributed by atoms with van der Waals surface area (Å²) in [6.07, 6.45) is 0.854.